The fourth-order valence-electron chi connectivity index (χ4n) is 3.03. The maximum atomic E-state index is 13.3. The normalized spacial score (nSPS) is 17.5. The van der Waals surface area contributed by atoms with Crippen LogP contribution in [0.15, 0.2) is 47.4 Å². The molecular weight excluding hydrogens is 281 g/mol. The molecule has 0 radical (unpaired) electrons. The van der Waals surface area contributed by atoms with E-state index in [1.807, 2.05) is 6.07 Å². The molecule has 2 aromatic carbocycles. The molecule has 110 valence electrons. The maximum Gasteiger partial charge on any atom is 0.0815 e. The van der Waals surface area contributed by atoms with Gasteiger partial charge < -0.3 is 5.32 Å². The molecule has 21 heavy (non-hydrogen) atoms. The van der Waals surface area contributed by atoms with Crippen molar-refractivity contribution in [3.63, 3.8) is 0 Å². The van der Waals surface area contributed by atoms with E-state index in [0.717, 1.165) is 36.4 Å². The minimum absolute atomic E-state index is 0.385. The van der Waals surface area contributed by atoms with Gasteiger partial charge in [0.25, 0.3) is 0 Å². The van der Waals surface area contributed by atoms with Gasteiger partial charge in [-0.25, -0.2) is 0 Å². The summed E-state index contributed by atoms with van der Waals surface area (Å²) in [5, 5.41) is 3.43. The number of benzene rings is 2. The first-order valence-corrected chi connectivity index (χ1v) is 8.18. The van der Waals surface area contributed by atoms with Crippen LogP contribution in [0.5, 0.6) is 0 Å². The Hall–Kier alpha value is -1.32. The molecule has 0 amide bonds. The predicted molar refractivity (Wildman–Crippen MR) is 87.4 cm³/mol. The smallest absolute Gasteiger partial charge is 0.0815 e. The van der Waals surface area contributed by atoms with Crippen LogP contribution in [0.1, 0.15) is 35.1 Å². The molecule has 1 atom stereocenters. The van der Waals surface area contributed by atoms with Crippen molar-refractivity contribution in [2.45, 2.75) is 37.1 Å². The molecule has 0 spiro atoms. The van der Waals surface area contributed by atoms with Crippen LogP contribution in [-0.4, -0.2) is 6.54 Å². The second-order valence-corrected chi connectivity index (χ2v) is 6.35. The molecule has 0 aliphatic carbocycles. The first-order chi connectivity index (χ1) is 10.3. The van der Waals surface area contributed by atoms with Crippen LogP contribution >= 0.6 is 12.1 Å². The maximum absolute atomic E-state index is 13.3. The Morgan fingerprint density at radius 1 is 1.19 bits per heavy atom. The Morgan fingerprint density at radius 2 is 2.00 bits per heavy atom. The topological polar surface area (TPSA) is 12.0 Å². The molecule has 1 N–H and O–H groups in total. The van der Waals surface area contributed by atoms with Gasteiger partial charge in [-0.3, -0.25) is 0 Å². The van der Waals surface area contributed by atoms with Gasteiger partial charge in [0.15, 0.2) is 0 Å². The van der Waals surface area contributed by atoms with E-state index in [0.29, 0.717) is 18.1 Å². The van der Waals surface area contributed by atoms with Crippen LogP contribution in [0, 0.1) is 0 Å². The van der Waals surface area contributed by atoms with E-state index < -0.39 is 0 Å². The first-order valence-electron chi connectivity index (χ1n) is 7.47. The van der Waals surface area contributed by atoms with Gasteiger partial charge in [0, 0.05) is 18.0 Å². The third-order valence-electron chi connectivity index (χ3n) is 4.23. The molecule has 1 aliphatic heterocycles. The fourth-order valence-corrected chi connectivity index (χ4v) is 3.46. The van der Waals surface area contributed by atoms with Crippen molar-refractivity contribution in [2.75, 3.05) is 6.54 Å². The number of aryl methyl sites for hydroxylation is 2. The molecule has 3 heteroatoms. The van der Waals surface area contributed by atoms with Crippen molar-refractivity contribution < 1.29 is 3.89 Å². The minimum Gasteiger partial charge on any atom is -0.312 e. The van der Waals surface area contributed by atoms with Crippen LogP contribution in [0.25, 0.3) is 0 Å². The van der Waals surface area contributed by atoms with Gasteiger partial charge >= 0.3 is 0 Å². The summed E-state index contributed by atoms with van der Waals surface area (Å²) in [5.74, 6) is 0.461. The van der Waals surface area contributed by atoms with Gasteiger partial charge in [-0.15, -0.1) is 0 Å². The highest BCUT2D eigenvalue weighted by Gasteiger charge is 2.18. The summed E-state index contributed by atoms with van der Waals surface area (Å²) in [6.07, 6.45) is 1.84. The SMILES string of the molecule is CC1CNCc2cc(CCc3ccccc3)c(SF)cc21. The van der Waals surface area contributed by atoms with Gasteiger partial charge in [0.05, 0.1) is 12.1 Å². The fraction of sp³-hybridized carbons (Fsp3) is 0.333. The monoisotopic (exact) mass is 301 g/mol. The lowest BCUT2D eigenvalue weighted by Crippen LogP contribution is -2.26. The molecule has 0 fully saturated rings. The summed E-state index contributed by atoms with van der Waals surface area (Å²) in [5.41, 5.74) is 5.06. The van der Waals surface area contributed by atoms with E-state index in [9.17, 15) is 3.89 Å². The second kappa shape index (κ2) is 6.63. The molecular formula is C18H20FNS. The van der Waals surface area contributed by atoms with Gasteiger partial charge in [-0.2, -0.15) is 3.89 Å². The summed E-state index contributed by atoms with van der Waals surface area (Å²) in [6, 6.07) is 14.7. The van der Waals surface area contributed by atoms with Gasteiger partial charge in [0.2, 0.25) is 0 Å². The first kappa shape index (κ1) is 14.6. The van der Waals surface area contributed by atoms with Gasteiger partial charge in [-0.1, -0.05) is 43.3 Å². The molecule has 1 aliphatic rings. The minimum atomic E-state index is 0.385. The number of hydrogen-bond donors (Lipinski definition) is 1. The lowest BCUT2D eigenvalue weighted by Gasteiger charge is -2.25. The summed E-state index contributed by atoms with van der Waals surface area (Å²) in [6.45, 7) is 4.07. The molecule has 0 saturated heterocycles. The number of fused-ring (bicyclic) bond motifs is 1. The van der Waals surface area contributed by atoms with Gasteiger partial charge in [0.1, 0.15) is 0 Å². The lowest BCUT2D eigenvalue weighted by atomic mass is 9.90. The zero-order valence-corrected chi connectivity index (χ0v) is 13.0. The number of rotatable bonds is 4. The molecule has 3 rings (SSSR count). The lowest BCUT2D eigenvalue weighted by molar-refractivity contribution is 0.568. The van der Waals surface area contributed by atoms with Crippen LogP contribution in [0.4, 0.5) is 3.89 Å². The Labute approximate surface area is 130 Å². The third kappa shape index (κ3) is 3.30. The van der Waals surface area contributed by atoms with Crippen molar-refractivity contribution in [1.82, 2.24) is 5.32 Å². The Bertz CT molecular complexity index is 612. The largest absolute Gasteiger partial charge is 0.312 e. The number of hydrogen-bond acceptors (Lipinski definition) is 2. The standard InChI is InChI=1S/C18H20FNS/c1-13-11-20-12-16-9-15(18(21-19)10-17(13)16)8-7-14-5-3-2-4-6-14/h2-6,9-10,13,20H,7-8,11-12H2,1H3. The number of halogens is 1. The van der Waals surface area contributed by atoms with E-state index in [1.165, 1.54) is 16.7 Å². The molecule has 1 unspecified atom stereocenters. The van der Waals surface area contributed by atoms with Gasteiger partial charge in [-0.05, 0) is 47.1 Å². The van der Waals surface area contributed by atoms with E-state index >= 15 is 0 Å². The van der Waals surface area contributed by atoms with E-state index in [4.69, 9.17) is 0 Å². The molecule has 1 heterocycles. The van der Waals surface area contributed by atoms with E-state index in [1.54, 1.807) is 0 Å². The zero-order chi connectivity index (χ0) is 14.7. The average molecular weight is 301 g/mol. The molecule has 0 bridgehead atoms. The van der Waals surface area contributed by atoms with E-state index in [-0.39, 0.29) is 0 Å². The summed E-state index contributed by atoms with van der Waals surface area (Å²) >= 11 is 0.385. The van der Waals surface area contributed by atoms with Crippen LogP contribution in [-0.2, 0) is 19.4 Å². The summed E-state index contributed by atoms with van der Waals surface area (Å²) < 4.78 is 13.3. The highest BCUT2D eigenvalue weighted by molar-refractivity contribution is 7.94. The summed E-state index contributed by atoms with van der Waals surface area (Å²) in [7, 11) is 0. The highest BCUT2D eigenvalue weighted by Crippen LogP contribution is 2.33. The molecule has 0 aromatic heterocycles. The summed E-state index contributed by atoms with van der Waals surface area (Å²) in [4.78, 5) is 0.790. The highest BCUT2D eigenvalue weighted by atomic mass is 32.2. The van der Waals surface area contributed by atoms with E-state index in [2.05, 4.69) is 48.6 Å². The molecule has 2 aromatic rings. The van der Waals surface area contributed by atoms with Crippen molar-refractivity contribution in [1.29, 1.82) is 0 Å². The molecule has 0 saturated carbocycles. The predicted octanol–water partition coefficient (Wildman–Crippen LogP) is 4.66. The average Bonchev–Trinajstić information content (AvgIpc) is 2.53. The Morgan fingerprint density at radius 3 is 2.76 bits per heavy atom. The third-order valence-corrected chi connectivity index (χ3v) is 4.77. The van der Waals surface area contributed by atoms with Crippen molar-refractivity contribution >= 4 is 12.1 Å². The Balaban J connectivity index is 1.84. The van der Waals surface area contributed by atoms with Crippen molar-refractivity contribution in [3.8, 4) is 0 Å². The van der Waals surface area contributed by atoms with Crippen molar-refractivity contribution in [3.05, 3.63) is 64.7 Å². The number of nitrogens with one attached hydrogen (secondary N) is 1. The Kier molecular flexibility index (Phi) is 4.61. The quantitative estimate of drug-likeness (QED) is 0.882. The zero-order valence-electron chi connectivity index (χ0n) is 12.2. The molecule has 1 nitrogen and oxygen atoms in total. The van der Waals surface area contributed by atoms with Crippen LogP contribution in [0.3, 0.4) is 0 Å². The van der Waals surface area contributed by atoms with Crippen LogP contribution < -0.4 is 5.32 Å². The second-order valence-electron chi connectivity index (χ2n) is 5.75. The van der Waals surface area contributed by atoms with Crippen molar-refractivity contribution in [2.24, 2.45) is 0 Å². The van der Waals surface area contributed by atoms with Crippen LogP contribution in [0.2, 0.25) is 0 Å².